The number of piperazine rings is 1. The molecule has 0 spiro atoms. The van der Waals surface area contributed by atoms with Gasteiger partial charge in [0.05, 0.1) is 23.1 Å². The van der Waals surface area contributed by atoms with Gasteiger partial charge in [0.1, 0.15) is 0 Å². The number of hydrogen-bond donors (Lipinski definition) is 0. The fourth-order valence-corrected chi connectivity index (χ4v) is 2.38. The largest absolute Gasteiger partial charge is 0.285 e. The summed E-state index contributed by atoms with van der Waals surface area (Å²) in [5.74, 6) is 0. The Labute approximate surface area is 88.1 Å². The molecule has 0 radical (unpaired) electrons. The topological polar surface area (TPSA) is 47.3 Å². The van der Waals surface area contributed by atoms with Gasteiger partial charge >= 0.3 is 0 Å². The highest BCUT2D eigenvalue weighted by Crippen LogP contribution is 2.09. The first-order chi connectivity index (χ1) is 6.69. The van der Waals surface area contributed by atoms with E-state index in [0.717, 1.165) is 32.6 Å². The van der Waals surface area contributed by atoms with Crippen LogP contribution in [0, 0.1) is 11.3 Å². The maximum absolute atomic E-state index is 11.2. The van der Waals surface area contributed by atoms with Crippen molar-refractivity contribution in [2.24, 2.45) is 0 Å². The molecule has 0 saturated carbocycles. The van der Waals surface area contributed by atoms with E-state index in [1.807, 2.05) is 11.2 Å². The Hall–Kier alpha value is -0.440. The lowest BCUT2D eigenvalue weighted by molar-refractivity contribution is 0.163. The monoisotopic (exact) mass is 215 g/mol. The fraction of sp³-hybridized carbons (Fsp3) is 0.889. The molecule has 0 bridgehead atoms. The van der Waals surface area contributed by atoms with Gasteiger partial charge in [0.15, 0.2) is 0 Å². The highest BCUT2D eigenvalue weighted by molar-refractivity contribution is 7.81. The van der Waals surface area contributed by atoms with Crippen LogP contribution in [-0.2, 0) is 11.0 Å². The molecular formula is C9H17N3OS. The predicted octanol–water partition coefficient (Wildman–Crippen LogP) is 0.200. The molecule has 0 N–H and O–H groups in total. The third kappa shape index (κ3) is 2.77. The quantitative estimate of drug-likeness (QED) is 0.675. The Kier molecular flexibility index (Phi) is 4.52. The second kappa shape index (κ2) is 5.44. The van der Waals surface area contributed by atoms with Crippen molar-refractivity contribution in [2.75, 3.05) is 32.4 Å². The highest BCUT2D eigenvalue weighted by Gasteiger charge is 2.23. The first-order valence-corrected chi connectivity index (χ1v) is 6.42. The van der Waals surface area contributed by atoms with E-state index in [4.69, 9.17) is 5.26 Å². The molecule has 2 atom stereocenters. The average Bonchev–Trinajstić information content (AvgIpc) is 2.20. The van der Waals surface area contributed by atoms with E-state index in [0.29, 0.717) is 0 Å². The van der Waals surface area contributed by atoms with Crippen LogP contribution in [0.15, 0.2) is 0 Å². The first-order valence-electron chi connectivity index (χ1n) is 4.91. The van der Waals surface area contributed by atoms with Crippen molar-refractivity contribution in [3.8, 4) is 6.07 Å². The molecule has 1 aliphatic rings. The minimum atomic E-state index is -0.860. The van der Waals surface area contributed by atoms with Crippen LogP contribution in [0.2, 0.25) is 0 Å². The Morgan fingerprint density at radius 3 is 2.36 bits per heavy atom. The minimum absolute atomic E-state index is 0.0300. The fourth-order valence-electron chi connectivity index (χ4n) is 1.70. The summed E-state index contributed by atoms with van der Waals surface area (Å²) in [6.45, 7) is 5.35. The normalized spacial score (nSPS) is 24.1. The number of hydrogen-bond acceptors (Lipinski definition) is 3. The van der Waals surface area contributed by atoms with Crippen molar-refractivity contribution in [2.45, 2.75) is 19.4 Å². The molecular weight excluding hydrogens is 198 g/mol. The standard InChI is InChI=1S/C9H17N3OS/c1-3-9(8-10)11-4-6-12(7-5-11)14(2)13/h9H,3-7H2,1-2H3. The van der Waals surface area contributed by atoms with Crippen LogP contribution in [0.4, 0.5) is 0 Å². The van der Waals surface area contributed by atoms with E-state index in [-0.39, 0.29) is 6.04 Å². The van der Waals surface area contributed by atoms with Crippen LogP contribution in [0.3, 0.4) is 0 Å². The van der Waals surface area contributed by atoms with Crippen molar-refractivity contribution >= 4 is 11.0 Å². The summed E-state index contributed by atoms with van der Waals surface area (Å²) in [7, 11) is -0.860. The van der Waals surface area contributed by atoms with Crippen LogP contribution in [0.25, 0.3) is 0 Å². The molecule has 5 heteroatoms. The summed E-state index contributed by atoms with van der Waals surface area (Å²) < 4.78 is 13.1. The van der Waals surface area contributed by atoms with Gasteiger partial charge in [-0.15, -0.1) is 0 Å². The summed E-state index contributed by atoms with van der Waals surface area (Å²) in [6.07, 6.45) is 2.57. The SMILES string of the molecule is CCC(C#N)N1CCN(S(C)=O)CC1. The van der Waals surface area contributed by atoms with Gasteiger partial charge in [0.2, 0.25) is 0 Å². The third-order valence-electron chi connectivity index (χ3n) is 2.61. The summed E-state index contributed by atoms with van der Waals surface area (Å²) in [5, 5.41) is 8.89. The van der Waals surface area contributed by atoms with E-state index in [2.05, 4.69) is 11.0 Å². The molecule has 0 aromatic rings. The summed E-state index contributed by atoms with van der Waals surface area (Å²) in [5.41, 5.74) is 0. The van der Waals surface area contributed by atoms with E-state index in [1.54, 1.807) is 6.26 Å². The molecule has 0 aromatic carbocycles. The third-order valence-corrected chi connectivity index (χ3v) is 3.71. The molecule has 0 aromatic heterocycles. The maximum atomic E-state index is 11.2. The number of rotatable bonds is 3. The number of nitriles is 1. The van der Waals surface area contributed by atoms with E-state index < -0.39 is 11.0 Å². The van der Waals surface area contributed by atoms with Gasteiger partial charge in [-0.3, -0.25) is 4.90 Å². The molecule has 1 aliphatic heterocycles. The maximum Gasteiger partial charge on any atom is 0.0976 e. The number of nitrogens with zero attached hydrogens (tertiary/aromatic N) is 3. The second-order valence-electron chi connectivity index (χ2n) is 3.44. The van der Waals surface area contributed by atoms with Crippen molar-refractivity contribution in [3.05, 3.63) is 0 Å². The summed E-state index contributed by atoms with van der Waals surface area (Å²) in [4.78, 5) is 2.17. The molecule has 2 unspecified atom stereocenters. The van der Waals surface area contributed by atoms with Gasteiger partial charge in [0, 0.05) is 32.4 Å². The molecule has 0 aliphatic carbocycles. The Morgan fingerprint density at radius 1 is 1.43 bits per heavy atom. The molecule has 0 amide bonds. The molecule has 1 heterocycles. The minimum Gasteiger partial charge on any atom is -0.285 e. The van der Waals surface area contributed by atoms with E-state index >= 15 is 0 Å². The van der Waals surface area contributed by atoms with Gasteiger partial charge in [-0.25, -0.2) is 8.51 Å². The molecule has 1 saturated heterocycles. The lowest BCUT2D eigenvalue weighted by Crippen LogP contribution is -2.50. The van der Waals surface area contributed by atoms with Gasteiger partial charge in [-0.2, -0.15) is 5.26 Å². The highest BCUT2D eigenvalue weighted by atomic mass is 32.2. The first kappa shape index (κ1) is 11.6. The smallest absolute Gasteiger partial charge is 0.0976 e. The summed E-state index contributed by atoms with van der Waals surface area (Å²) >= 11 is 0. The average molecular weight is 215 g/mol. The molecule has 80 valence electrons. The van der Waals surface area contributed by atoms with Gasteiger partial charge in [-0.1, -0.05) is 6.92 Å². The molecule has 1 fully saturated rings. The van der Waals surface area contributed by atoms with Crippen LogP contribution >= 0.6 is 0 Å². The zero-order valence-electron chi connectivity index (χ0n) is 8.77. The Bertz CT molecular complexity index is 243. The zero-order valence-corrected chi connectivity index (χ0v) is 9.59. The van der Waals surface area contributed by atoms with E-state index in [1.165, 1.54) is 0 Å². The van der Waals surface area contributed by atoms with Crippen molar-refractivity contribution in [1.29, 1.82) is 5.26 Å². The molecule has 4 nitrogen and oxygen atoms in total. The van der Waals surface area contributed by atoms with Crippen LogP contribution < -0.4 is 0 Å². The molecule has 1 rings (SSSR count). The Morgan fingerprint density at radius 2 is 2.00 bits per heavy atom. The molecule has 14 heavy (non-hydrogen) atoms. The van der Waals surface area contributed by atoms with Gasteiger partial charge < -0.3 is 0 Å². The van der Waals surface area contributed by atoms with Crippen LogP contribution in [-0.4, -0.2) is 51.9 Å². The predicted molar refractivity (Wildman–Crippen MR) is 56.9 cm³/mol. The van der Waals surface area contributed by atoms with Gasteiger partial charge in [0.25, 0.3) is 0 Å². The van der Waals surface area contributed by atoms with Crippen molar-refractivity contribution in [1.82, 2.24) is 9.21 Å². The zero-order chi connectivity index (χ0) is 10.6. The van der Waals surface area contributed by atoms with Crippen molar-refractivity contribution in [3.63, 3.8) is 0 Å². The van der Waals surface area contributed by atoms with E-state index in [9.17, 15) is 4.21 Å². The lowest BCUT2D eigenvalue weighted by atomic mass is 10.2. The van der Waals surface area contributed by atoms with Crippen LogP contribution in [0.5, 0.6) is 0 Å². The van der Waals surface area contributed by atoms with Crippen LogP contribution in [0.1, 0.15) is 13.3 Å². The van der Waals surface area contributed by atoms with Gasteiger partial charge in [-0.05, 0) is 6.42 Å². The lowest BCUT2D eigenvalue weighted by Gasteiger charge is -2.35. The van der Waals surface area contributed by atoms with Crippen molar-refractivity contribution < 1.29 is 4.21 Å². The summed E-state index contributed by atoms with van der Waals surface area (Å²) in [6, 6.07) is 2.33. The Balaban J connectivity index is 2.43. The second-order valence-corrected chi connectivity index (χ2v) is 4.81.